The predicted octanol–water partition coefficient (Wildman–Crippen LogP) is 1.02. The van der Waals surface area contributed by atoms with E-state index >= 15 is 0 Å². The van der Waals surface area contributed by atoms with Crippen LogP contribution in [0.1, 0.15) is 44.9 Å². The fourth-order valence-electron chi connectivity index (χ4n) is 3.92. The molecular weight excluding hydrogens is 290 g/mol. The van der Waals surface area contributed by atoms with E-state index in [0.29, 0.717) is 18.0 Å². The zero-order valence-corrected chi connectivity index (χ0v) is 14.3. The van der Waals surface area contributed by atoms with Gasteiger partial charge in [-0.1, -0.05) is 13.3 Å². The molecule has 0 bridgehead atoms. The summed E-state index contributed by atoms with van der Waals surface area (Å²) in [5, 5.41) is 3.42. The number of aryl methyl sites for hydroxylation is 1. The average molecular weight is 319 g/mol. The van der Waals surface area contributed by atoms with Crippen molar-refractivity contribution in [1.82, 2.24) is 19.8 Å². The highest BCUT2D eigenvalue weighted by Crippen LogP contribution is 2.56. The van der Waals surface area contributed by atoms with Gasteiger partial charge < -0.3 is 20.5 Å². The van der Waals surface area contributed by atoms with E-state index in [-0.39, 0.29) is 11.9 Å². The van der Waals surface area contributed by atoms with Crippen molar-refractivity contribution in [2.75, 3.05) is 13.1 Å². The van der Waals surface area contributed by atoms with Gasteiger partial charge in [0.2, 0.25) is 5.91 Å². The van der Waals surface area contributed by atoms with E-state index in [1.807, 2.05) is 22.7 Å². The number of amides is 1. The third kappa shape index (κ3) is 3.28. The van der Waals surface area contributed by atoms with Gasteiger partial charge in [0.25, 0.3) is 0 Å². The van der Waals surface area contributed by atoms with Gasteiger partial charge in [0.05, 0.1) is 12.6 Å². The molecular formula is C17H29N5O. The van der Waals surface area contributed by atoms with E-state index in [4.69, 9.17) is 5.73 Å². The highest BCUT2D eigenvalue weighted by Gasteiger charge is 2.58. The molecule has 23 heavy (non-hydrogen) atoms. The van der Waals surface area contributed by atoms with Crippen LogP contribution in [-0.2, 0) is 18.4 Å². The molecule has 1 saturated heterocycles. The Labute approximate surface area is 138 Å². The second kappa shape index (κ2) is 6.61. The Balaban J connectivity index is 1.76. The molecule has 2 atom stereocenters. The number of aromatic nitrogens is 2. The lowest BCUT2D eigenvalue weighted by Gasteiger charge is -2.31. The Morgan fingerprint density at radius 2 is 2.30 bits per heavy atom. The lowest BCUT2D eigenvalue weighted by Crippen LogP contribution is -2.47. The fraction of sp³-hybridized carbons (Fsp3) is 0.765. The number of nitrogens with zero attached hydrogens (tertiary/aromatic N) is 3. The first-order valence-corrected chi connectivity index (χ1v) is 8.80. The van der Waals surface area contributed by atoms with E-state index < -0.39 is 0 Å². The van der Waals surface area contributed by atoms with Crippen LogP contribution in [0.5, 0.6) is 0 Å². The lowest BCUT2D eigenvalue weighted by atomic mass is 9.93. The van der Waals surface area contributed by atoms with Crippen LogP contribution < -0.4 is 11.1 Å². The lowest BCUT2D eigenvalue weighted by molar-refractivity contribution is -0.134. The normalized spacial score (nSPS) is 23.7. The van der Waals surface area contributed by atoms with Crippen LogP contribution in [0.2, 0.25) is 0 Å². The van der Waals surface area contributed by atoms with Crippen LogP contribution in [0.15, 0.2) is 12.4 Å². The van der Waals surface area contributed by atoms with E-state index in [9.17, 15) is 4.79 Å². The van der Waals surface area contributed by atoms with Gasteiger partial charge in [0.15, 0.2) is 0 Å². The van der Waals surface area contributed by atoms with Gasteiger partial charge in [0.1, 0.15) is 5.82 Å². The summed E-state index contributed by atoms with van der Waals surface area (Å²) in [6, 6.07) is -0.0589. The largest absolute Gasteiger partial charge is 0.337 e. The summed E-state index contributed by atoms with van der Waals surface area (Å²) >= 11 is 0. The summed E-state index contributed by atoms with van der Waals surface area (Å²) in [5.41, 5.74) is 6.47. The van der Waals surface area contributed by atoms with Gasteiger partial charge >= 0.3 is 0 Å². The van der Waals surface area contributed by atoms with Crippen LogP contribution >= 0.6 is 0 Å². The van der Waals surface area contributed by atoms with Gasteiger partial charge in [-0.3, -0.25) is 4.79 Å². The van der Waals surface area contributed by atoms with Gasteiger partial charge in [-0.2, -0.15) is 0 Å². The molecule has 1 spiro atoms. The topological polar surface area (TPSA) is 76.2 Å². The maximum absolute atomic E-state index is 12.9. The number of hydrogen-bond donors (Lipinski definition) is 2. The molecule has 0 unspecified atom stereocenters. The Kier molecular flexibility index (Phi) is 4.73. The highest BCUT2D eigenvalue weighted by atomic mass is 16.2. The Morgan fingerprint density at radius 1 is 1.57 bits per heavy atom. The molecule has 128 valence electrons. The van der Waals surface area contributed by atoms with Crippen LogP contribution in [0.3, 0.4) is 0 Å². The van der Waals surface area contributed by atoms with Crippen LogP contribution in [0, 0.1) is 5.41 Å². The second-order valence-electron chi connectivity index (χ2n) is 7.15. The number of hydrogen-bond acceptors (Lipinski definition) is 4. The first-order valence-electron chi connectivity index (χ1n) is 8.80. The Bertz CT molecular complexity index is 549. The number of carbonyl (C=O) groups is 1. The molecule has 0 aromatic carbocycles. The van der Waals surface area contributed by atoms with Gasteiger partial charge in [-0.25, -0.2) is 4.98 Å². The first-order chi connectivity index (χ1) is 11.1. The molecule has 1 aliphatic carbocycles. The summed E-state index contributed by atoms with van der Waals surface area (Å²) < 4.78 is 1.99. The molecule has 6 heteroatoms. The van der Waals surface area contributed by atoms with E-state index in [0.717, 1.165) is 51.0 Å². The maximum Gasteiger partial charge on any atom is 0.240 e. The number of carbonyl (C=O) groups excluding carboxylic acids is 1. The van der Waals surface area contributed by atoms with Gasteiger partial charge in [-0.05, 0) is 44.2 Å². The number of nitrogens with two attached hydrogens (primary N) is 1. The molecule has 3 N–H and O–H groups in total. The number of piperidine rings is 1. The van der Waals surface area contributed by atoms with Crippen molar-refractivity contribution < 1.29 is 4.79 Å². The summed E-state index contributed by atoms with van der Waals surface area (Å²) in [5.74, 6) is 1.02. The average Bonchev–Trinajstić information content (AvgIpc) is 3.06. The minimum atomic E-state index is -0.389. The minimum absolute atomic E-state index is 0.0928. The van der Waals surface area contributed by atoms with Crippen LogP contribution in [-0.4, -0.2) is 45.5 Å². The zero-order chi connectivity index (χ0) is 16.4. The van der Waals surface area contributed by atoms with Crippen LogP contribution in [0.4, 0.5) is 0 Å². The molecule has 2 aliphatic rings. The van der Waals surface area contributed by atoms with Crippen molar-refractivity contribution in [3.63, 3.8) is 0 Å². The standard InChI is InChI=1S/C17H29N5O/c1-3-4-13(18)16(23)22(12-15-20-9-10-21(15)2)14-11-17(14)5-7-19-8-6-17/h9-10,13-14,19H,3-8,11-12,18H2,1-2H3/t13-,14-/m0/s1. The highest BCUT2D eigenvalue weighted by molar-refractivity contribution is 5.82. The van der Waals surface area contributed by atoms with E-state index in [1.165, 1.54) is 0 Å². The molecule has 3 rings (SSSR count). The van der Waals surface area contributed by atoms with Crippen molar-refractivity contribution in [3.8, 4) is 0 Å². The minimum Gasteiger partial charge on any atom is -0.337 e. The molecule has 1 amide bonds. The molecule has 1 aliphatic heterocycles. The van der Waals surface area contributed by atoms with Crippen molar-refractivity contribution in [2.24, 2.45) is 18.2 Å². The molecule has 2 fully saturated rings. The summed E-state index contributed by atoms with van der Waals surface area (Å²) in [7, 11) is 1.98. The van der Waals surface area contributed by atoms with Gasteiger partial charge in [-0.15, -0.1) is 0 Å². The van der Waals surface area contributed by atoms with Crippen molar-refractivity contribution in [2.45, 2.75) is 57.7 Å². The van der Waals surface area contributed by atoms with E-state index in [2.05, 4.69) is 17.2 Å². The second-order valence-corrected chi connectivity index (χ2v) is 7.15. The maximum atomic E-state index is 12.9. The number of imidazole rings is 1. The van der Waals surface area contributed by atoms with Gasteiger partial charge in [0, 0.05) is 25.5 Å². The molecule has 2 heterocycles. The van der Waals surface area contributed by atoms with Crippen molar-refractivity contribution in [1.29, 1.82) is 0 Å². The van der Waals surface area contributed by atoms with Crippen molar-refractivity contribution in [3.05, 3.63) is 18.2 Å². The SMILES string of the molecule is CCC[C@H](N)C(=O)N(Cc1nccn1C)[C@H]1CC12CCNCC2. The zero-order valence-electron chi connectivity index (χ0n) is 14.3. The summed E-state index contributed by atoms with van der Waals surface area (Å²) in [6.07, 6.45) is 8.83. The van der Waals surface area contributed by atoms with E-state index in [1.54, 1.807) is 6.20 Å². The smallest absolute Gasteiger partial charge is 0.240 e. The molecule has 1 aromatic rings. The quantitative estimate of drug-likeness (QED) is 0.821. The summed E-state index contributed by atoms with van der Waals surface area (Å²) in [6.45, 7) is 4.76. The molecule has 1 aromatic heterocycles. The Hall–Kier alpha value is -1.40. The third-order valence-corrected chi connectivity index (χ3v) is 5.55. The first kappa shape index (κ1) is 16.5. The Morgan fingerprint density at radius 3 is 2.91 bits per heavy atom. The number of nitrogens with one attached hydrogen (secondary N) is 1. The van der Waals surface area contributed by atoms with Crippen LogP contribution in [0.25, 0.3) is 0 Å². The molecule has 6 nitrogen and oxygen atoms in total. The fourth-order valence-corrected chi connectivity index (χ4v) is 3.92. The predicted molar refractivity (Wildman–Crippen MR) is 89.6 cm³/mol. The van der Waals surface area contributed by atoms with Crippen molar-refractivity contribution >= 4 is 5.91 Å². The monoisotopic (exact) mass is 319 g/mol. The summed E-state index contributed by atoms with van der Waals surface area (Å²) in [4.78, 5) is 19.4. The molecule has 0 radical (unpaired) electrons. The third-order valence-electron chi connectivity index (χ3n) is 5.55. The number of rotatable bonds is 6. The molecule has 1 saturated carbocycles.